The van der Waals surface area contributed by atoms with Crippen molar-refractivity contribution in [3.63, 3.8) is 0 Å². The molecule has 2 heterocycles. The van der Waals surface area contributed by atoms with Gasteiger partial charge in [0.05, 0.1) is 43.5 Å². The van der Waals surface area contributed by atoms with E-state index in [4.69, 9.17) is 18.9 Å². The maximum absolute atomic E-state index is 12.5. The van der Waals surface area contributed by atoms with Crippen LogP contribution in [0.5, 0.6) is 0 Å². The van der Waals surface area contributed by atoms with Gasteiger partial charge in [0.1, 0.15) is 42.7 Å². The molecule has 2 aliphatic heterocycles. The fourth-order valence-corrected chi connectivity index (χ4v) is 13.1. The van der Waals surface area contributed by atoms with Crippen molar-refractivity contribution in [3.05, 3.63) is 23.3 Å². The summed E-state index contributed by atoms with van der Waals surface area (Å²) in [6.45, 7) is 10.9. The molecule has 0 spiro atoms. The molecule has 7 aliphatic rings. The summed E-state index contributed by atoms with van der Waals surface area (Å²) >= 11 is 0. The third-order valence-corrected chi connectivity index (χ3v) is 17.1. The summed E-state index contributed by atoms with van der Waals surface area (Å²) < 4.78 is 24.0. The Morgan fingerprint density at radius 3 is 2.12 bits per heavy atom. The molecule has 10 N–H and O–H groups in total. The summed E-state index contributed by atoms with van der Waals surface area (Å²) in [5.74, 6) is -0.929. The Labute approximate surface area is 334 Å². The smallest absolute Gasteiger partial charge is 0.309 e. The van der Waals surface area contributed by atoms with Gasteiger partial charge in [-0.3, -0.25) is 4.79 Å². The lowest BCUT2D eigenvalue weighted by Crippen LogP contribution is -2.67. The zero-order valence-corrected chi connectivity index (χ0v) is 34.0. The number of aliphatic hydroxyl groups is 9. The minimum absolute atomic E-state index is 0.0104. The van der Waals surface area contributed by atoms with Gasteiger partial charge in [0.25, 0.3) is 0 Å². The van der Waals surface area contributed by atoms with Gasteiger partial charge in [-0.2, -0.15) is 0 Å². The van der Waals surface area contributed by atoms with Crippen LogP contribution in [0.2, 0.25) is 0 Å². The highest BCUT2D eigenvalue weighted by Gasteiger charge is 2.69. The lowest BCUT2D eigenvalue weighted by molar-refractivity contribution is -0.367. The van der Waals surface area contributed by atoms with Crippen molar-refractivity contribution in [2.45, 2.75) is 167 Å². The van der Waals surface area contributed by atoms with Crippen LogP contribution in [0.15, 0.2) is 23.3 Å². The molecule has 15 nitrogen and oxygen atoms in total. The first kappa shape index (κ1) is 43.5. The number of aliphatic hydroxyl groups excluding tert-OH is 9. The average Bonchev–Trinajstić information content (AvgIpc) is 3.16. The van der Waals surface area contributed by atoms with Gasteiger partial charge < -0.3 is 70.0 Å². The van der Waals surface area contributed by atoms with Crippen LogP contribution >= 0.6 is 0 Å². The van der Waals surface area contributed by atoms with Crippen LogP contribution in [0.3, 0.4) is 0 Å². The second-order valence-corrected chi connectivity index (χ2v) is 20.0. The molecule has 0 aromatic carbocycles. The van der Waals surface area contributed by atoms with E-state index < -0.39 is 108 Å². The monoisotopic (exact) mass is 810 g/mol. The van der Waals surface area contributed by atoms with Gasteiger partial charge in [0, 0.05) is 16.2 Å². The van der Waals surface area contributed by atoms with Gasteiger partial charge in [0.15, 0.2) is 12.6 Å². The summed E-state index contributed by atoms with van der Waals surface area (Å²) in [7, 11) is 0. The predicted molar refractivity (Wildman–Crippen MR) is 201 cm³/mol. The molecular weight excluding hydrogens is 744 g/mol. The lowest BCUT2D eigenvalue weighted by Gasteiger charge is -2.70. The van der Waals surface area contributed by atoms with Gasteiger partial charge in [-0.15, -0.1) is 0 Å². The number of fused-ring (bicyclic) bond motifs is 6. The Kier molecular flexibility index (Phi) is 11.3. The Morgan fingerprint density at radius 1 is 0.807 bits per heavy atom. The first-order valence-corrected chi connectivity index (χ1v) is 20.8. The summed E-state index contributed by atoms with van der Waals surface area (Å²) in [5.41, 5.74) is -2.04. The highest BCUT2D eigenvalue weighted by atomic mass is 16.7. The predicted octanol–water partition coefficient (Wildman–Crippen LogP) is 0.745. The van der Waals surface area contributed by atoms with Crippen LogP contribution in [-0.4, -0.2) is 150 Å². The van der Waals surface area contributed by atoms with Gasteiger partial charge in [-0.25, -0.2) is 0 Å². The second kappa shape index (κ2) is 14.8. The van der Waals surface area contributed by atoms with Crippen molar-refractivity contribution >= 4 is 5.97 Å². The third kappa shape index (κ3) is 6.19. The summed E-state index contributed by atoms with van der Waals surface area (Å²) in [6.07, 6.45) is -7.57. The first-order valence-electron chi connectivity index (χ1n) is 20.8. The lowest BCUT2D eigenvalue weighted by atomic mass is 9.35. The van der Waals surface area contributed by atoms with Gasteiger partial charge in [0.2, 0.25) is 0 Å². The minimum atomic E-state index is -1.75. The normalized spacial score (nSPS) is 55.0. The largest absolute Gasteiger partial charge is 0.481 e. The second-order valence-electron chi connectivity index (χ2n) is 20.0. The molecule has 3 saturated carbocycles. The number of allylic oxidation sites excluding steroid dienone is 3. The Balaban J connectivity index is 1.16. The van der Waals surface area contributed by atoms with Crippen molar-refractivity contribution in [2.75, 3.05) is 19.8 Å². The Hall–Kier alpha value is -1.57. The molecule has 5 aliphatic carbocycles. The Morgan fingerprint density at radius 2 is 1.49 bits per heavy atom. The van der Waals surface area contributed by atoms with Crippen molar-refractivity contribution in [2.24, 2.45) is 44.3 Å². The fourth-order valence-electron chi connectivity index (χ4n) is 13.1. The molecule has 20 atom stereocenters. The van der Waals surface area contributed by atoms with Crippen LogP contribution in [0, 0.1) is 44.3 Å². The number of hydrogen-bond acceptors (Lipinski definition) is 14. The van der Waals surface area contributed by atoms with E-state index in [1.165, 1.54) is 0 Å². The van der Waals surface area contributed by atoms with E-state index in [0.717, 1.165) is 17.6 Å². The van der Waals surface area contributed by atoms with Crippen LogP contribution < -0.4 is 0 Å². The first-order chi connectivity index (χ1) is 26.6. The number of carboxylic acids is 1. The SMILES string of the molecule is C[C@H]1O[C@@H](O[C@H]2CC[C@@]3(C)[C@@H](CC[C@]4(C)[C@@H]3C=CC3=C5C[C@@](C)(C(=O)O)CC[C@]5(CO)[C@H](O)C[C@]34C)[C@]2(C)CO)[C@H](O)[C@@H](O[C@@H]2O[C@H](CO)[C@@H](O)[C@H](O)[C@H]2O)[C@H]1O. The number of carbonyl (C=O) groups is 1. The zero-order chi connectivity index (χ0) is 41.8. The van der Waals surface area contributed by atoms with Crippen LogP contribution in [0.4, 0.5) is 0 Å². The van der Waals surface area contributed by atoms with Crippen LogP contribution in [0.1, 0.15) is 92.9 Å². The van der Waals surface area contributed by atoms with E-state index in [1.807, 2.05) is 6.92 Å². The molecule has 0 radical (unpaired) electrons. The van der Waals surface area contributed by atoms with E-state index >= 15 is 0 Å². The van der Waals surface area contributed by atoms with Crippen LogP contribution in [0.25, 0.3) is 0 Å². The molecule has 0 amide bonds. The molecule has 15 heteroatoms. The molecule has 324 valence electrons. The Bertz CT molecular complexity index is 1600. The maximum atomic E-state index is 12.5. The summed E-state index contributed by atoms with van der Waals surface area (Å²) in [6, 6.07) is 0. The maximum Gasteiger partial charge on any atom is 0.309 e. The molecule has 0 aromatic rings. The fraction of sp³-hybridized carbons (Fsp3) is 0.881. The van der Waals surface area contributed by atoms with Crippen molar-refractivity contribution in [1.82, 2.24) is 0 Å². The minimum Gasteiger partial charge on any atom is -0.481 e. The van der Waals surface area contributed by atoms with E-state index in [-0.39, 0.29) is 42.3 Å². The average molecular weight is 811 g/mol. The molecule has 0 bridgehead atoms. The van der Waals surface area contributed by atoms with Crippen LogP contribution in [-0.2, 0) is 23.7 Å². The summed E-state index contributed by atoms with van der Waals surface area (Å²) in [5, 5.41) is 108. The van der Waals surface area contributed by atoms with Gasteiger partial charge in [-0.1, -0.05) is 45.4 Å². The van der Waals surface area contributed by atoms with E-state index in [0.29, 0.717) is 38.5 Å². The highest BCUT2D eigenvalue weighted by molar-refractivity contribution is 5.75. The quantitative estimate of drug-likeness (QED) is 0.152. The van der Waals surface area contributed by atoms with E-state index in [2.05, 4.69) is 32.9 Å². The van der Waals surface area contributed by atoms with Crippen molar-refractivity contribution in [1.29, 1.82) is 0 Å². The number of carboxylic acid groups (broad SMARTS) is 1. The summed E-state index contributed by atoms with van der Waals surface area (Å²) in [4.78, 5) is 12.5. The molecule has 0 aromatic heterocycles. The van der Waals surface area contributed by atoms with E-state index in [9.17, 15) is 55.9 Å². The molecule has 57 heavy (non-hydrogen) atoms. The number of aliphatic carboxylic acids is 1. The number of hydrogen-bond donors (Lipinski definition) is 10. The third-order valence-electron chi connectivity index (χ3n) is 17.1. The zero-order valence-electron chi connectivity index (χ0n) is 34.0. The molecular formula is C42H66O15. The number of rotatable bonds is 8. The molecule has 0 unspecified atom stereocenters. The van der Waals surface area contributed by atoms with Crippen molar-refractivity contribution in [3.8, 4) is 0 Å². The number of ether oxygens (including phenoxy) is 4. The highest BCUT2D eigenvalue weighted by Crippen LogP contribution is 2.74. The molecule has 5 fully saturated rings. The van der Waals surface area contributed by atoms with E-state index in [1.54, 1.807) is 13.8 Å². The topological polar surface area (TPSA) is 256 Å². The molecule has 7 rings (SSSR count). The molecule has 2 saturated heterocycles. The standard InChI is InChI=1S/C42H66O15/c1-20-28(47)33(57-34-31(50)30(49)29(48)23(17-43)55-34)32(51)35(54-20)56-27-10-11-38(3)24(39(27,4)18-44)9-12-40(5)25(38)8-7-21-22-15-37(2,36(52)53)13-14-42(22,19-45)26(46)16-41(21,40)6/h7-8,20,23-35,43-51H,9-19H2,1-6H3,(H,52,53)/t20-,23-,24-,25-,26-,27+,28+,29-,30+,31-,32-,33+,34+,35+,37+,38+,39+,40-,41-,42-/m1/s1. The van der Waals surface area contributed by atoms with Crippen molar-refractivity contribution < 1.29 is 74.8 Å². The van der Waals surface area contributed by atoms with Gasteiger partial charge >= 0.3 is 5.97 Å². The van der Waals surface area contributed by atoms with Gasteiger partial charge in [-0.05, 0) is 93.5 Å².